The molecule has 0 saturated heterocycles. The highest BCUT2D eigenvalue weighted by Gasteiger charge is 2.18. The van der Waals surface area contributed by atoms with E-state index in [1.54, 1.807) is 24.9 Å². The number of benzene rings is 2. The highest BCUT2D eigenvalue weighted by molar-refractivity contribution is 7.99. The Kier molecular flexibility index (Phi) is 12.1. The van der Waals surface area contributed by atoms with Crippen LogP contribution in [0.2, 0.25) is 5.02 Å². The van der Waals surface area contributed by atoms with Crippen molar-refractivity contribution in [1.29, 1.82) is 0 Å². The molecule has 0 amide bonds. The summed E-state index contributed by atoms with van der Waals surface area (Å²) in [5.74, 6) is 1.39. The number of carbonyl (C=O) groups excluding carboxylic acids is 1. The van der Waals surface area contributed by atoms with Crippen molar-refractivity contribution in [2.75, 3.05) is 33.2 Å². The fourth-order valence-electron chi connectivity index (χ4n) is 3.39. The van der Waals surface area contributed by atoms with Crippen LogP contribution in [-0.4, -0.2) is 50.1 Å². The van der Waals surface area contributed by atoms with Crippen LogP contribution in [0.25, 0.3) is 0 Å². The van der Waals surface area contributed by atoms with E-state index in [2.05, 4.69) is 16.8 Å². The summed E-state index contributed by atoms with van der Waals surface area (Å²) in [6, 6.07) is 13.2. The van der Waals surface area contributed by atoms with E-state index in [0.717, 1.165) is 46.8 Å². The molecule has 2 aromatic carbocycles. The summed E-state index contributed by atoms with van der Waals surface area (Å²) in [4.78, 5) is 12.4. The molecule has 0 aromatic heterocycles. The van der Waals surface area contributed by atoms with Gasteiger partial charge in [0, 0.05) is 23.7 Å². The molecule has 2 aromatic rings. The number of halogens is 1. The molecule has 0 aliphatic rings. The molecule has 0 bridgehead atoms. The van der Waals surface area contributed by atoms with Gasteiger partial charge >= 0.3 is 5.97 Å². The number of ether oxygens (including phenoxy) is 3. The quantitative estimate of drug-likeness (QED) is 0.0887. The number of oxime groups is 1. The minimum atomic E-state index is -0.285. The predicted molar refractivity (Wildman–Crippen MR) is 133 cm³/mol. The van der Waals surface area contributed by atoms with E-state index >= 15 is 0 Å². The average Bonchev–Trinajstić information content (AvgIpc) is 2.81. The van der Waals surface area contributed by atoms with E-state index in [9.17, 15) is 10.0 Å². The van der Waals surface area contributed by atoms with Gasteiger partial charge in [0.25, 0.3) is 0 Å². The van der Waals surface area contributed by atoms with Crippen LogP contribution in [0.4, 0.5) is 0 Å². The van der Waals surface area contributed by atoms with Crippen molar-refractivity contribution in [3.05, 3.63) is 58.6 Å². The molecule has 1 N–H and O–H groups in total. The Morgan fingerprint density at radius 2 is 1.94 bits per heavy atom. The summed E-state index contributed by atoms with van der Waals surface area (Å²) in [6.45, 7) is 3.19. The van der Waals surface area contributed by atoms with Crippen LogP contribution in [0.1, 0.15) is 37.3 Å². The lowest BCUT2D eigenvalue weighted by Gasteiger charge is -2.17. The van der Waals surface area contributed by atoms with Crippen LogP contribution in [-0.2, 0) is 20.7 Å². The van der Waals surface area contributed by atoms with E-state index in [4.69, 9.17) is 21.1 Å². The topological polar surface area (TPSA) is 77.4 Å². The van der Waals surface area contributed by atoms with Gasteiger partial charge in [-0.15, -0.1) is 11.8 Å². The summed E-state index contributed by atoms with van der Waals surface area (Å²) in [5, 5.41) is 13.7. The number of carbonyl (C=O) groups is 1. The molecule has 0 aliphatic heterocycles. The van der Waals surface area contributed by atoms with Gasteiger partial charge < -0.3 is 19.4 Å². The summed E-state index contributed by atoms with van der Waals surface area (Å²) in [7, 11) is 3.03. The van der Waals surface area contributed by atoms with Crippen molar-refractivity contribution in [1.82, 2.24) is 0 Å². The van der Waals surface area contributed by atoms with Crippen LogP contribution < -0.4 is 4.74 Å². The lowest BCUT2D eigenvalue weighted by molar-refractivity contribution is -0.139. The molecule has 33 heavy (non-hydrogen) atoms. The van der Waals surface area contributed by atoms with Crippen molar-refractivity contribution >= 4 is 35.0 Å². The number of methoxy groups -OCH3 is 2. The molecule has 180 valence electrons. The Morgan fingerprint density at radius 1 is 1.18 bits per heavy atom. The lowest BCUT2D eigenvalue weighted by atomic mass is 9.93. The molecule has 0 saturated carbocycles. The smallest absolute Gasteiger partial charge is 0.309 e. The van der Waals surface area contributed by atoms with E-state index in [1.165, 1.54) is 7.11 Å². The highest BCUT2D eigenvalue weighted by Crippen LogP contribution is 2.29. The second kappa shape index (κ2) is 14.8. The second-order valence-electron chi connectivity index (χ2n) is 7.52. The monoisotopic (exact) mass is 493 g/mol. The molecule has 0 aliphatic carbocycles. The Labute approximate surface area is 205 Å². The molecule has 8 heteroatoms. The van der Waals surface area contributed by atoms with Crippen LogP contribution in [0.15, 0.2) is 52.5 Å². The van der Waals surface area contributed by atoms with Gasteiger partial charge in [-0.3, -0.25) is 4.79 Å². The summed E-state index contributed by atoms with van der Waals surface area (Å²) >= 11 is 7.99. The van der Waals surface area contributed by atoms with Crippen molar-refractivity contribution < 1.29 is 24.2 Å². The van der Waals surface area contributed by atoms with Gasteiger partial charge in [-0.25, -0.2) is 0 Å². The SMILES string of the molecule is CCCC(COC)/C(=N\O)c1ccc(OCCCSc2ccc(CC(=O)OC)cc2Cl)cc1. The summed E-state index contributed by atoms with van der Waals surface area (Å²) < 4.78 is 15.8. The van der Waals surface area contributed by atoms with Crippen LogP contribution in [0, 0.1) is 5.92 Å². The van der Waals surface area contributed by atoms with Crippen LogP contribution in [0.5, 0.6) is 5.75 Å². The Hall–Kier alpha value is -2.22. The van der Waals surface area contributed by atoms with Gasteiger partial charge in [0.2, 0.25) is 0 Å². The summed E-state index contributed by atoms with van der Waals surface area (Å²) in [6.07, 6.45) is 2.93. The number of rotatable bonds is 14. The number of hydrogen-bond donors (Lipinski definition) is 1. The Bertz CT molecular complexity index is 898. The third-order valence-electron chi connectivity index (χ3n) is 5.04. The van der Waals surface area contributed by atoms with Gasteiger partial charge in [-0.05, 0) is 60.4 Å². The molecule has 1 unspecified atom stereocenters. The molecule has 0 heterocycles. The van der Waals surface area contributed by atoms with E-state index in [0.29, 0.717) is 23.9 Å². The third-order valence-corrected chi connectivity index (χ3v) is 6.62. The minimum absolute atomic E-state index is 0.0511. The first-order valence-electron chi connectivity index (χ1n) is 10.9. The van der Waals surface area contributed by atoms with Crippen molar-refractivity contribution in [2.45, 2.75) is 37.5 Å². The lowest BCUT2D eigenvalue weighted by Crippen LogP contribution is -2.21. The Balaban J connectivity index is 1.80. The van der Waals surface area contributed by atoms with E-state index < -0.39 is 0 Å². The van der Waals surface area contributed by atoms with E-state index in [1.807, 2.05) is 36.4 Å². The standard InChI is InChI=1S/C25H32ClNO5S/c1-4-6-20(17-30-2)25(27-29)19-8-10-21(11-9-19)32-13-5-14-33-23-12-7-18(15-22(23)26)16-24(28)31-3/h7-12,15,20,29H,4-6,13-14,16-17H2,1-3H3/b27-25-. The maximum Gasteiger partial charge on any atom is 0.309 e. The molecule has 2 rings (SSSR count). The largest absolute Gasteiger partial charge is 0.494 e. The fourth-order valence-corrected chi connectivity index (χ4v) is 4.60. The third kappa shape index (κ3) is 8.91. The molecule has 0 fully saturated rings. The second-order valence-corrected chi connectivity index (χ2v) is 9.06. The van der Waals surface area contributed by atoms with Gasteiger partial charge in [0.05, 0.1) is 37.5 Å². The van der Waals surface area contributed by atoms with Crippen molar-refractivity contribution in [3.8, 4) is 5.75 Å². The zero-order valence-corrected chi connectivity index (χ0v) is 21.0. The number of nitrogens with zero attached hydrogens (tertiary/aromatic N) is 1. The molecular formula is C25H32ClNO5S. The molecule has 6 nitrogen and oxygen atoms in total. The normalized spacial score (nSPS) is 12.4. The van der Waals surface area contributed by atoms with Gasteiger partial charge in [-0.1, -0.05) is 36.2 Å². The zero-order chi connectivity index (χ0) is 24.1. The van der Waals surface area contributed by atoms with Crippen LogP contribution in [0.3, 0.4) is 0 Å². The number of esters is 1. The molecule has 0 radical (unpaired) electrons. The van der Waals surface area contributed by atoms with Gasteiger partial charge in [0.1, 0.15) is 5.75 Å². The fraction of sp³-hybridized carbons (Fsp3) is 0.440. The first-order valence-corrected chi connectivity index (χ1v) is 12.3. The first kappa shape index (κ1) is 27.0. The van der Waals surface area contributed by atoms with Crippen LogP contribution >= 0.6 is 23.4 Å². The average molecular weight is 494 g/mol. The van der Waals surface area contributed by atoms with E-state index in [-0.39, 0.29) is 18.3 Å². The molecular weight excluding hydrogens is 462 g/mol. The first-order chi connectivity index (χ1) is 16.0. The minimum Gasteiger partial charge on any atom is -0.494 e. The zero-order valence-electron chi connectivity index (χ0n) is 19.4. The molecule has 1 atom stereocenters. The highest BCUT2D eigenvalue weighted by atomic mass is 35.5. The maximum absolute atomic E-state index is 11.4. The number of thioether (sulfide) groups is 1. The van der Waals surface area contributed by atoms with Gasteiger partial charge in [-0.2, -0.15) is 0 Å². The molecule has 0 spiro atoms. The predicted octanol–water partition coefficient (Wildman–Crippen LogP) is 5.86. The van der Waals surface area contributed by atoms with Crippen molar-refractivity contribution in [3.63, 3.8) is 0 Å². The summed E-state index contributed by atoms with van der Waals surface area (Å²) in [5.41, 5.74) is 2.33. The Morgan fingerprint density at radius 3 is 2.55 bits per heavy atom. The van der Waals surface area contributed by atoms with Gasteiger partial charge in [0.15, 0.2) is 0 Å². The maximum atomic E-state index is 11.4. The van der Waals surface area contributed by atoms with Crippen molar-refractivity contribution in [2.24, 2.45) is 11.1 Å². The number of hydrogen-bond acceptors (Lipinski definition) is 7.